The molecule has 3 rings (SSSR count). The van der Waals surface area contributed by atoms with Crippen LogP contribution < -0.4 is 9.47 Å². The number of ether oxygens (including phenoxy) is 2. The van der Waals surface area contributed by atoms with Gasteiger partial charge >= 0.3 is 0 Å². The Morgan fingerprint density at radius 3 is 1.32 bits per heavy atom. The van der Waals surface area contributed by atoms with Crippen molar-refractivity contribution < 1.29 is 19.7 Å². The molecule has 2 atom stereocenters. The van der Waals surface area contributed by atoms with E-state index in [1.807, 2.05) is 0 Å². The van der Waals surface area contributed by atoms with Gasteiger partial charge in [-0.25, -0.2) is 0 Å². The lowest BCUT2D eigenvalue weighted by Crippen LogP contribution is -2.41. The Labute approximate surface area is 229 Å². The number of terminal acetylenes is 2. The second-order valence-electron chi connectivity index (χ2n) is 10.4. The molecular formula is C34H44O4. The van der Waals surface area contributed by atoms with Crippen LogP contribution in [0.5, 0.6) is 11.5 Å². The van der Waals surface area contributed by atoms with Gasteiger partial charge in [0.05, 0.1) is 13.2 Å². The van der Waals surface area contributed by atoms with Gasteiger partial charge < -0.3 is 19.7 Å². The third-order valence-electron chi connectivity index (χ3n) is 7.49. The fourth-order valence-corrected chi connectivity index (χ4v) is 5.20. The van der Waals surface area contributed by atoms with Crippen molar-refractivity contribution >= 4 is 0 Å². The van der Waals surface area contributed by atoms with Crippen LogP contribution in [-0.2, 0) is 11.2 Å². The van der Waals surface area contributed by atoms with Gasteiger partial charge in [-0.1, -0.05) is 102 Å². The molecule has 204 valence electrons. The Morgan fingerprint density at radius 2 is 0.947 bits per heavy atom. The lowest BCUT2D eigenvalue weighted by molar-refractivity contribution is 0.0938. The number of fused-ring (bicyclic) bond motifs is 2. The van der Waals surface area contributed by atoms with Crippen molar-refractivity contribution in [2.24, 2.45) is 0 Å². The molecule has 0 aliphatic heterocycles. The van der Waals surface area contributed by atoms with Crippen LogP contribution in [0, 0.1) is 24.7 Å². The zero-order chi connectivity index (χ0) is 27.4. The maximum Gasteiger partial charge on any atom is 0.177 e. The maximum atomic E-state index is 11.7. The van der Waals surface area contributed by atoms with E-state index in [1.165, 1.54) is 51.4 Å². The minimum absolute atomic E-state index is 0.370. The van der Waals surface area contributed by atoms with Gasteiger partial charge in [0, 0.05) is 22.3 Å². The maximum absolute atomic E-state index is 11.7. The summed E-state index contributed by atoms with van der Waals surface area (Å²) in [7, 11) is 0. The minimum Gasteiger partial charge on any atom is -0.494 e. The quantitative estimate of drug-likeness (QED) is 0.183. The van der Waals surface area contributed by atoms with E-state index in [2.05, 4.69) is 25.7 Å². The average molecular weight is 517 g/mol. The minimum atomic E-state index is -1.76. The van der Waals surface area contributed by atoms with Crippen molar-refractivity contribution in [3.63, 3.8) is 0 Å². The monoisotopic (exact) mass is 516 g/mol. The summed E-state index contributed by atoms with van der Waals surface area (Å²) in [5.74, 6) is 6.29. The van der Waals surface area contributed by atoms with E-state index in [9.17, 15) is 10.2 Å². The highest BCUT2D eigenvalue weighted by Crippen LogP contribution is 2.49. The molecule has 0 aromatic heterocycles. The van der Waals surface area contributed by atoms with Gasteiger partial charge in [0.2, 0.25) is 0 Å². The molecule has 0 bridgehead atoms. The first-order valence-electron chi connectivity index (χ1n) is 14.4. The molecule has 0 heterocycles. The van der Waals surface area contributed by atoms with Gasteiger partial charge in [0.15, 0.2) is 11.2 Å². The molecule has 4 nitrogen and oxygen atoms in total. The Bertz CT molecular complexity index is 1030. The van der Waals surface area contributed by atoms with E-state index in [0.29, 0.717) is 47.0 Å². The molecule has 0 unspecified atom stereocenters. The summed E-state index contributed by atoms with van der Waals surface area (Å²) in [6.07, 6.45) is 25.9. The standard InChI is InChI=1S/C34H44O4/c1-5-9-11-13-15-17-23-37-27-19-21-29-31(25-27)33(35,7-3)30-22-20-28(26-32(30)34(29,36)8-4)38-24-18-16-14-12-10-6-2/h3-4,19-22,25-26,35-36H,5-6,9-18,23-24H2,1-2H3/t33-,34-/m1/s1. The molecule has 38 heavy (non-hydrogen) atoms. The highest BCUT2D eigenvalue weighted by atomic mass is 16.5. The largest absolute Gasteiger partial charge is 0.494 e. The topological polar surface area (TPSA) is 58.9 Å². The summed E-state index contributed by atoms with van der Waals surface area (Å²) in [5, 5.41) is 23.4. The molecule has 2 aromatic rings. The van der Waals surface area contributed by atoms with Gasteiger partial charge in [-0.15, -0.1) is 12.8 Å². The van der Waals surface area contributed by atoms with Gasteiger partial charge in [0.1, 0.15) is 11.5 Å². The molecule has 1 aliphatic rings. The normalized spacial score (nSPS) is 19.6. The van der Waals surface area contributed by atoms with Crippen LogP contribution in [0.15, 0.2) is 36.4 Å². The first-order chi connectivity index (χ1) is 18.4. The van der Waals surface area contributed by atoms with Crippen LogP contribution in [-0.4, -0.2) is 23.4 Å². The van der Waals surface area contributed by atoms with E-state index in [1.54, 1.807) is 36.4 Å². The molecule has 1 aliphatic carbocycles. The van der Waals surface area contributed by atoms with Crippen LogP contribution in [0.3, 0.4) is 0 Å². The molecular weight excluding hydrogens is 472 g/mol. The van der Waals surface area contributed by atoms with Gasteiger partial charge in [-0.3, -0.25) is 0 Å². The number of aliphatic hydroxyl groups is 2. The predicted octanol–water partition coefficient (Wildman–Crippen LogP) is 7.22. The molecule has 0 fully saturated rings. The summed E-state index contributed by atoms with van der Waals surface area (Å²) in [4.78, 5) is 0. The van der Waals surface area contributed by atoms with Gasteiger partial charge in [-0.05, 0) is 37.1 Å². The van der Waals surface area contributed by atoms with Gasteiger partial charge in [0.25, 0.3) is 0 Å². The lowest BCUT2D eigenvalue weighted by atomic mass is 9.68. The molecule has 2 aromatic carbocycles. The molecule has 0 saturated carbocycles. The summed E-state index contributed by atoms with van der Waals surface area (Å²) < 4.78 is 12.0. The molecule has 4 heteroatoms. The van der Waals surface area contributed by atoms with Crippen LogP contribution in [0.25, 0.3) is 0 Å². The first kappa shape index (κ1) is 29.6. The third kappa shape index (κ3) is 6.74. The van der Waals surface area contributed by atoms with Crippen molar-refractivity contribution in [2.75, 3.05) is 13.2 Å². The van der Waals surface area contributed by atoms with Crippen LogP contribution >= 0.6 is 0 Å². The van der Waals surface area contributed by atoms with E-state index >= 15 is 0 Å². The van der Waals surface area contributed by atoms with Crippen molar-refractivity contribution in [1.29, 1.82) is 0 Å². The zero-order valence-corrected chi connectivity index (χ0v) is 23.2. The molecule has 2 N–H and O–H groups in total. The molecule has 0 radical (unpaired) electrons. The van der Waals surface area contributed by atoms with E-state index in [-0.39, 0.29) is 0 Å². The highest BCUT2D eigenvalue weighted by molar-refractivity contribution is 5.65. The average Bonchev–Trinajstić information content (AvgIpc) is 2.94. The fourth-order valence-electron chi connectivity index (χ4n) is 5.20. The molecule has 0 saturated heterocycles. The number of rotatable bonds is 16. The first-order valence-corrected chi connectivity index (χ1v) is 14.4. The fraction of sp³-hybridized carbons (Fsp3) is 0.529. The van der Waals surface area contributed by atoms with Crippen LogP contribution in [0.2, 0.25) is 0 Å². The lowest BCUT2D eigenvalue weighted by Gasteiger charge is -2.40. The number of benzene rings is 2. The number of unbranched alkanes of at least 4 members (excludes halogenated alkanes) is 10. The Kier molecular flexibility index (Phi) is 11.1. The van der Waals surface area contributed by atoms with E-state index < -0.39 is 11.2 Å². The number of hydrogen-bond acceptors (Lipinski definition) is 4. The summed E-state index contributed by atoms with van der Waals surface area (Å²) in [5.41, 5.74) is -2.01. The molecule has 0 spiro atoms. The third-order valence-corrected chi connectivity index (χ3v) is 7.49. The van der Waals surface area contributed by atoms with Crippen molar-refractivity contribution in [2.45, 2.75) is 102 Å². The van der Waals surface area contributed by atoms with Crippen molar-refractivity contribution in [3.05, 3.63) is 58.7 Å². The van der Waals surface area contributed by atoms with Crippen molar-refractivity contribution in [3.8, 4) is 36.2 Å². The van der Waals surface area contributed by atoms with Gasteiger partial charge in [-0.2, -0.15) is 0 Å². The van der Waals surface area contributed by atoms with Crippen LogP contribution in [0.4, 0.5) is 0 Å². The smallest absolute Gasteiger partial charge is 0.177 e. The summed E-state index contributed by atoms with van der Waals surface area (Å²) in [6.45, 7) is 5.57. The van der Waals surface area contributed by atoms with Crippen molar-refractivity contribution in [1.82, 2.24) is 0 Å². The Morgan fingerprint density at radius 1 is 0.579 bits per heavy atom. The Hall–Kier alpha value is -2.92. The number of hydrogen-bond donors (Lipinski definition) is 2. The SMILES string of the molecule is C#C[C@@]1(O)c2ccc(OCCCCCCCC)cc2[C@@](O)(C#C)c2ccc(OCCCCCCCC)cc21. The second kappa shape index (κ2) is 14.3. The predicted molar refractivity (Wildman–Crippen MR) is 154 cm³/mol. The van der Waals surface area contributed by atoms with E-state index in [4.69, 9.17) is 22.3 Å². The zero-order valence-electron chi connectivity index (χ0n) is 23.2. The highest BCUT2D eigenvalue weighted by Gasteiger charge is 2.48. The Balaban J connectivity index is 1.77. The second-order valence-corrected chi connectivity index (χ2v) is 10.4. The molecule has 0 amide bonds. The van der Waals surface area contributed by atoms with Crippen LogP contribution in [0.1, 0.15) is 113 Å². The van der Waals surface area contributed by atoms with E-state index in [0.717, 1.165) is 25.7 Å². The summed E-state index contributed by atoms with van der Waals surface area (Å²) >= 11 is 0. The summed E-state index contributed by atoms with van der Waals surface area (Å²) in [6, 6.07) is 10.4.